The zero-order valence-corrected chi connectivity index (χ0v) is 16.0. The second kappa shape index (κ2) is 7.86. The number of anilines is 4. The summed E-state index contributed by atoms with van der Waals surface area (Å²) in [5.41, 5.74) is 0.702. The smallest absolute Gasteiger partial charge is 0.333 e. The zero-order chi connectivity index (χ0) is 18.7. The van der Waals surface area contributed by atoms with Crippen molar-refractivity contribution in [1.82, 2.24) is 9.97 Å². The summed E-state index contributed by atoms with van der Waals surface area (Å²) in [5.74, 6) is 0.0290. The van der Waals surface area contributed by atoms with Crippen LogP contribution in [0.15, 0.2) is 53.3 Å². The summed E-state index contributed by atoms with van der Waals surface area (Å²) in [5, 5.41) is 18.0. The van der Waals surface area contributed by atoms with Crippen molar-refractivity contribution in [1.29, 1.82) is 0 Å². The maximum atomic E-state index is 11.6. The summed E-state index contributed by atoms with van der Waals surface area (Å²) < 4.78 is 0.736. The van der Waals surface area contributed by atoms with Crippen LogP contribution in [0.25, 0.3) is 0 Å². The Balaban J connectivity index is 2.03. The molecule has 0 amide bonds. The molecule has 26 heavy (non-hydrogen) atoms. The van der Waals surface area contributed by atoms with E-state index in [0.717, 1.165) is 4.47 Å². The highest BCUT2D eigenvalue weighted by Crippen LogP contribution is 2.37. The van der Waals surface area contributed by atoms with Gasteiger partial charge in [-0.3, -0.25) is 10.1 Å². The highest BCUT2D eigenvalue weighted by molar-refractivity contribution is 9.10. The van der Waals surface area contributed by atoms with Gasteiger partial charge in [0.05, 0.1) is 26.3 Å². The van der Waals surface area contributed by atoms with Gasteiger partial charge in [-0.1, -0.05) is 41.4 Å². The van der Waals surface area contributed by atoms with E-state index in [1.165, 1.54) is 6.33 Å². The molecule has 0 spiro atoms. The quantitative estimate of drug-likeness (QED) is 0.366. The third-order valence-electron chi connectivity index (χ3n) is 3.34. The van der Waals surface area contributed by atoms with Crippen molar-refractivity contribution in [3.8, 4) is 0 Å². The third kappa shape index (κ3) is 3.87. The Hall–Kier alpha value is -2.42. The van der Waals surface area contributed by atoms with Crippen molar-refractivity contribution in [3.63, 3.8) is 0 Å². The first-order chi connectivity index (χ1) is 12.5. The van der Waals surface area contributed by atoms with Gasteiger partial charge >= 0.3 is 5.69 Å². The normalized spacial score (nSPS) is 10.4. The number of hydrogen-bond donors (Lipinski definition) is 2. The number of hydrogen-bond acceptors (Lipinski definition) is 6. The fraction of sp³-hybridized carbons (Fsp3) is 0. The van der Waals surface area contributed by atoms with Gasteiger partial charge in [0.1, 0.15) is 6.33 Å². The fourth-order valence-electron chi connectivity index (χ4n) is 2.15. The van der Waals surface area contributed by atoms with E-state index in [-0.39, 0.29) is 22.3 Å². The van der Waals surface area contributed by atoms with Crippen molar-refractivity contribution >= 4 is 67.8 Å². The van der Waals surface area contributed by atoms with E-state index in [4.69, 9.17) is 23.2 Å². The molecule has 3 aromatic rings. The topological polar surface area (TPSA) is 93.0 Å². The van der Waals surface area contributed by atoms with Gasteiger partial charge in [0.25, 0.3) is 0 Å². The molecule has 0 bridgehead atoms. The van der Waals surface area contributed by atoms with E-state index >= 15 is 0 Å². The molecule has 0 saturated carbocycles. The molecule has 7 nitrogen and oxygen atoms in total. The van der Waals surface area contributed by atoms with Gasteiger partial charge in [0, 0.05) is 4.47 Å². The third-order valence-corrected chi connectivity index (χ3v) is 4.85. The van der Waals surface area contributed by atoms with Crippen LogP contribution in [0.1, 0.15) is 0 Å². The van der Waals surface area contributed by atoms with E-state index in [9.17, 15) is 10.1 Å². The van der Waals surface area contributed by atoms with Crippen LogP contribution in [0.2, 0.25) is 10.0 Å². The first-order valence-corrected chi connectivity index (χ1v) is 8.74. The minimum absolute atomic E-state index is 0.0104. The molecular formula is C16H10BrCl2N5O2. The Morgan fingerprint density at radius 2 is 1.58 bits per heavy atom. The van der Waals surface area contributed by atoms with Crippen LogP contribution in [0, 0.1) is 10.1 Å². The van der Waals surface area contributed by atoms with Gasteiger partial charge in [-0.15, -0.1) is 0 Å². The molecule has 3 rings (SSSR count). The number of nitrogens with one attached hydrogen (secondary N) is 2. The lowest BCUT2D eigenvalue weighted by Gasteiger charge is -2.12. The maximum Gasteiger partial charge on any atom is 0.353 e. The molecule has 0 atom stereocenters. The molecule has 10 heteroatoms. The molecule has 2 N–H and O–H groups in total. The van der Waals surface area contributed by atoms with Crippen LogP contribution in [0.3, 0.4) is 0 Å². The highest BCUT2D eigenvalue weighted by Gasteiger charge is 2.24. The summed E-state index contributed by atoms with van der Waals surface area (Å²) in [4.78, 5) is 19.0. The van der Waals surface area contributed by atoms with E-state index in [0.29, 0.717) is 16.4 Å². The summed E-state index contributed by atoms with van der Waals surface area (Å²) in [6.07, 6.45) is 1.22. The number of aromatic nitrogens is 2. The Bertz CT molecular complexity index is 987. The monoisotopic (exact) mass is 453 g/mol. The lowest BCUT2D eigenvalue weighted by molar-refractivity contribution is -0.383. The van der Waals surface area contributed by atoms with Gasteiger partial charge in [-0.05, 0) is 40.2 Å². The molecule has 0 aliphatic carbocycles. The second-order valence-electron chi connectivity index (χ2n) is 5.01. The molecule has 1 heterocycles. The van der Waals surface area contributed by atoms with E-state index in [1.807, 2.05) is 6.07 Å². The van der Waals surface area contributed by atoms with Gasteiger partial charge in [0.2, 0.25) is 11.6 Å². The first-order valence-electron chi connectivity index (χ1n) is 7.19. The number of benzene rings is 2. The number of nitrogens with zero attached hydrogens (tertiary/aromatic N) is 3. The Labute approximate surface area is 166 Å². The number of para-hydroxylation sites is 1. The minimum atomic E-state index is -0.569. The van der Waals surface area contributed by atoms with Crippen molar-refractivity contribution in [2.24, 2.45) is 0 Å². The zero-order valence-electron chi connectivity index (χ0n) is 12.9. The largest absolute Gasteiger partial charge is 0.353 e. The summed E-state index contributed by atoms with van der Waals surface area (Å²) in [6.45, 7) is 0. The molecule has 1 aromatic heterocycles. The van der Waals surface area contributed by atoms with Gasteiger partial charge in [-0.2, -0.15) is 0 Å². The Kier molecular flexibility index (Phi) is 5.55. The van der Waals surface area contributed by atoms with Crippen molar-refractivity contribution in [2.45, 2.75) is 0 Å². The van der Waals surface area contributed by atoms with Crippen LogP contribution in [-0.4, -0.2) is 14.9 Å². The van der Waals surface area contributed by atoms with Crippen LogP contribution in [0.4, 0.5) is 28.7 Å². The SMILES string of the molecule is O=[N+]([O-])c1c(Nc2ccccc2Br)ncnc1Nc1cccc(Cl)c1Cl. The molecule has 0 aliphatic rings. The molecule has 0 fully saturated rings. The number of halogens is 3. The van der Waals surface area contributed by atoms with Crippen LogP contribution in [0.5, 0.6) is 0 Å². The molecule has 2 aromatic carbocycles. The molecule has 0 unspecified atom stereocenters. The maximum absolute atomic E-state index is 11.6. The molecule has 0 aliphatic heterocycles. The first kappa shape index (κ1) is 18.4. The summed E-state index contributed by atoms with van der Waals surface area (Å²) >= 11 is 15.5. The van der Waals surface area contributed by atoms with Gasteiger partial charge in [0.15, 0.2) is 0 Å². The van der Waals surface area contributed by atoms with Crippen molar-refractivity contribution in [2.75, 3.05) is 10.6 Å². The van der Waals surface area contributed by atoms with E-state index in [1.54, 1.807) is 36.4 Å². The fourth-order valence-corrected chi connectivity index (χ4v) is 2.88. The molecule has 132 valence electrons. The van der Waals surface area contributed by atoms with E-state index in [2.05, 4.69) is 36.5 Å². The predicted molar refractivity (Wildman–Crippen MR) is 106 cm³/mol. The Morgan fingerprint density at radius 1 is 0.962 bits per heavy atom. The summed E-state index contributed by atoms with van der Waals surface area (Å²) in [7, 11) is 0. The highest BCUT2D eigenvalue weighted by atomic mass is 79.9. The summed E-state index contributed by atoms with van der Waals surface area (Å²) in [6, 6.07) is 12.1. The molecule has 0 radical (unpaired) electrons. The van der Waals surface area contributed by atoms with Gasteiger partial charge in [-0.25, -0.2) is 9.97 Å². The average molecular weight is 455 g/mol. The standard InChI is InChI=1S/C16H10BrCl2N5O2/c17-9-4-1-2-6-11(9)22-15-14(24(25)26)16(21-8-20-15)23-12-7-3-5-10(18)13(12)19/h1-8H,(H2,20,21,22,23). The lowest BCUT2D eigenvalue weighted by atomic mass is 10.3. The van der Waals surface area contributed by atoms with Crippen molar-refractivity contribution < 1.29 is 4.92 Å². The van der Waals surface area contributed by atoms with Crippen molar-refractivity contribution in [3.05, 3.63) is 73.4 Å². The number of rotatable bonds is 5. The predicted octanol–water partition coefficient (Wildman–Crippen LogP) is 5.94. The average Bonchev–Trinajstić information content (AvgIpc) is 2.61. The number of nitro groups is 1. The lowest BCUT2D eigenvalue weighted by Crippen LogP contribution is -2.06. The second-order valence-corrected chi connectivity index (χ2v) is 6.65. The van der Waals surface area contributed by atoms with Crippen LogP contribution >= 0.6 is 39.1 Å². The Morgan fingerprint density at radius 3 is 2.23 bits per heavy atom. The van der Waals surface area contributed by atoms with Crippen LogP contribution in [-0.2, 0) is 0 Å². The van der Waals surface area contributed by atoms with Gasteiger partial charge < -0.3 is 10.6 Å². The minimum Gasteiger partial charge on any atom is -0.333 e. The molecule has 0 saturated heterocycles. The van der Waals surface area contributed by atoms with E-state index < -0.39 is 4.92 Å². The van der Waals surface area contributed by atoms with Crippen LogP contribution < -0.4 is 10.6 Å². The molecular weight excluding hydrogens is 445 g/mol.